The smallest absolute Gasteiger partial charge is 0.0728 e. The molecule has 1 fully saturated rings. The van der Waals surface area contributed by atoms with Gasteiger partial charge in [0.1, 0.15) is 0 Å². The number of anilines is 1. The average molecular weight is 208 g/mol. The molecule has 0 radical (unpaired) electrons. The van der Waals surface area contributed by atoms with Crippen LogP contribution in [0.3, 0.4) is 0 Å². The average Bonchev–Trinajstić information content (AvgIpc) is 2.65. The van der Waals surface area contributed by atoms with Crippen molar-refractivity contribution < 1.29 is 0 Å². The number of aromatic nitrogens is 2. The molecule has 0 aliphatic carbocycles. The molecule has 0 aromatic carbocycles. The van der Waals surface area contributed by atoms with Gasteiger partial charge in [0.15, 0.2) is 0 Å². The van der Waals surface area contributed by atoms with Crippen LogP contribution in [-0.2, 0) is 7.05 Å². The molecule has 4 nitrogen and oxygen atoms in total. The van der Waals surface area contributed by atoms with Crippen molar-refractivity contribution in [2.75, 3.05) is 25.0 Å². The first-order valence-electron chi connectivity index (χ1n) is 5.75. The molecular formula is C11H20N4. The van der Waals surface area contributed by atoms with Gasteiger partial charge in [-0.2, -0.15) is 5.10 Å². The van der Waals surface area contributed by atoms with Gasteiger partial charge in [-0.25, -0.2) is 0 Å². The van der Waals surface area contributed by atoms with E-state index in [9.17, 15) is 0 Å². The predicted molar refractivity (Wildman–Crippen MR) is 62.0 cm³/mol. The molecule has 84 valence electrons. The van der Waals surface area contributed by atoms with Gasteiger partial charge in [0.05, 0.1) is 11.9 Å². The maximum Gasteiger partial charge on any atom is 0.0728 e. The number of likely N-dealkylation sites (tertiary alicyclic amines) is 1. The molecule has 0 saturated carbocycles. The largest absolute Gasteiger partial charge is 0.380 e. The fourth-order valence-electron chi connectivity index (χ4n) is 2.12. The molecule has 4 heteroatoms. The van der Waals surface area contributed by atoms with E-state index in [1.165, 1.54) is 32.5 Å². The zero-order chi connectivity index (χ0) is 10.7. The Balaban J connectivity index is 1.82. The van der Waals surface area contributed by atoms with Crippen molar-refractivity contribution in [3.05, 3.63) is 12.4 Å². The van der Waals surface area contributed by atoms with Crippen LogP contribution >= 0.6 is 0 Å². The van der Waals surface area contributed by atoms with Crippen LogP contribution in [-0.4, -0.2) is 40.4 Å². The van der Waals surface area contributed by atoms with Gasteiger partial charge in [-0.1, -0.05) is 6.92 Å². The minimum absolute atomic E-state index is 0.622. The SMILES string of the molecule is CCN1CCC(Nc2cnn(C)c2)CC1. The van der Waals surface area contributed by atoms with Crippen LogP contribution < -0.4 is 5.32 Å². The van der Waals surface area contributed by atoms with Gasteiger partial charge in [0, 0.05) is 32.4 Å². The number of nitrogens with one attached hydrogen (secondary N) is 1. The lowest BCUT2D eigenvalue weighted by atomic mass is 10.1. The van der Waals surface area contributed by atoms with E-state index in [1.807, 2.05) is 24.1 Å². The van der Waals surface area contributed by atoms with E-state index in [1.54, 1.807) is 0 Å². The maximum absolute atomic E-state index is 4.16. The first kappa shape index (κ1) is 10.5. The van der Waals surface area contributed by atoms with Crippen molar-refractivity contribution in [2.24, 2.45) is 7.05 Å². The fraction of sp³-hybridized carbons (Fsp3) is 0.727. The normalized spacial score (nSPS) is 19.3. The second-order valence-corrected chi connectivity index (χ2v) is 4.26. The highest BCUT2D eigenvalue weighted by Crippen LogP contribution is 2.15. The van der Waals surface area contributed by atoms with Crippen molar-refractivity contribution in [3.63, 3.8) is 0 Å². The Bertz CT molecular complexity index is 299. The molecule has 1 aromatic rings. The third-order valence-corrected chi connectivity index (χ3v) is 3.11. The molecule has 1 saturated heterocycles. The first-order chi connectivity index (χ1) is 7.28. The molecule has 0 atom stereocenters. The lowest BCUT2D eigenvalue weighted by molar-refractivity contribution is 0.229. The minimum Gasteiger partial charge on any atom is -0.380 e. The molecule has 1 aliphatic rings. The summed E-state index contributed by atoms with van der Waals surface area (Å²) in [6.45, 7) is 5.84. The Kier molecular flexibility index (Phi) is 3.26. The summed E-state index contributed by atoms with van der Waals surface area (Å²) in [5, 5.41) is 7.69. The van der Waals surface area contributed by atoms with E-state index >= 15 is 0 Å². The van der Waals surface area contributed by atoms with Crippen molar-refractivity contribution in [1.29, 1.82) is 0 Å². The van der Waals surface area contributed by atoms with Gasteiger partial charge in [-0.05, 0) is 19.4 Å². The van der Waals surface area contributed by atoms with Crippen LogP contribution in [0.2, 0.25) is 0 Å². The van der Waals surface area contributed by atoms with Crippen molar-refractivity contribution in [1.82, 2.24) is 14.7 Å². The molecule has 2 heterocycles. The number of aryl methyl sites for hydroxylation is 1. The summed E-state index contributed by atoms with van der Waals surface area (Å²) in [5.74, 6) is 0. The summed E-state index contributed by atoms with van der Waals surface area (Å²) in [6, 6.07) is 0.622. The van der Waals surface area contributed by atoms with E-state index in [0.29, 0.717) is 6.04 Å². The van der Waals surface area contributed by atoms with E-state index in [0.717, 1.165) is 5.69 Å². The quantitative estimate of drug-likeness (QED) is 0.813. The van der Waals surface area contributed by atoms with Gasteiger partial charge < -0.3 is 10.2 Å². The zero-order valence-electron chi connectivity index (χ0n) is 9.61. The number of rotatable bonds is 3. The molecule has 0 unspecified atom stereocenters. The van der Waals surface area contributed by atoms with E-state index in [2.05, 4.69) is 22.2 Å². The highest BCUT2D eigenvalue weighted by atomic mass is 15.3. The molecule has 0 spiro atoms. The topological polar surface area (TPSA) is 33.1 Å². The number of hydrogen-bond acceptors (Lipinski definition) is 3. The van der Waals surface area contributed by atoms with Gasteiger partial charge >= 0.3 is 0 Å². The second-order valence-electron chi connectivity index (χ2n) is 4.26. The first-order valence-corrected chi connectivity index (χ1v) is 5.75. The standard InChI is InChI=1S/C11H20N4/c1-3-15-6-4-10(5-7-15)13-11-8-12-14(2)9-11/h8-10,13H,3-7H2,1-2H3. The maximum atomic E-state index is 4.16. The summed E-state index contributed by atoms with van der Waals surface area (Å²) in [6.07, 6.45) is 6.41. The van der Waals surface area contributed by atoms with Crippen molar-refractivity contribution >= 4 is 5.69 Å². The van der Waals surface area contributed by atoms with E-state index in [-0.39, 0.29) is 0 Å². The zero-order valence-corrected chi connectivity index (χ0v) is 9.61. The third-order valence-electron chi connectivity index (χ3n) is 3.11. The highest BCUT2D eigenvalue weighted by Gasteiger charge is 2.17. The van der Waals surface area contributed by atoms with Crippen LogP contribution in [0.1, 0.15) is 19.8 Å². The summed E-state index contributed by atoms with van der Waals surface area (Å²) in [7, 11) is 1.95. The minimum atomic E-state index is 0.622. The summed E-state index contributed by atoms with van der Waals surface area (Å²) in [5.41, 5.74) is 1.15. The fourth-order valence-corrected chi connectivity index (χ4v) is 2.12. The molecule has 1 aliphatic heterocycles. The lowest BCUT2D eigenvalue weighted by Gasteiger charge is -2.31. The van der Waals surface area contributed by atoms with Crippen LogP contribution in [0.15, 0.2) is 12.4 Å². The summed E-state index contributed by atoms with van der Waals surface area (Å²) in [4.78, 5) is 2.50. The Labute approximate surface area is 91.3 Å². The van der Waals surface area contributed by atoms with Crippen LogP contribution in [0.4, 0.5) is 5.69 Å². The molecule has 0 amide bonds. The molecule has 1 N–H and O–H groups in total. The van der Waals surface area contributed by atoms with Gasteiger partial charge in [0.25, 0.3) is 0 Å². The van der Waals surface area contributed by atoms with E-state index < -0.39 is 0 Å². The summed E-state index contributed by atoms with van der Waals surface area (Å²) >= 11 is 0. The molecule has 2 rings (SSSR count). The number of hydrogen-bond donors (Lipinski definition) is 1. The Hall–Kier alpha value is -1.03. The summed E-state index contributed by atoms with van der Waals surface area (Å²) < 4.78 is 1.84. The molecular weight excluding hydrogens is 188 g/mol. The molecule has 1 aromatic heterocycles. The number of nitrogens with zero attached hydrogens (tertiary/aromatic N) is 3. The van der Waals surface area contributed by atoms with Gasteiger partial charge in [-0.3, -0.25) is 4.68 Å². The van der Waals surface area contributed by atoms with Crippen LogP contribution in [0.5, 0.6) is 0 Å². The van der Waals surface area contributed by atoms with E-state index in [4.69, 9.17) is 0 Å². The third kappa shape index (κ3) is 2.72. The lowest BCUT2D eigenvalue weighted by Crippen LogP contribution is -2.38. The monoisotopic (exact) mass is 208 g/mol. The van der Waals surface area contributed by atoms with Crippen LogP contribution in [0.25, 0.3) is 0 Å². The Morgan fingerprint density at radius 3 is 2.73 bits per heavy atom. The highest BCUT2D eigenvalue weighted by molar-refractivity contribution is 5.39. The molecule has 15 heavy (non-hydrogen) atoms. The van der Waals surface area contributed by atoms with Crippen molar-refractivity contribution in [3.8, 4) is 0 Å². The number of piperidine rings is 1. The van der Waals surface area contributed by atoms with Gasteiger partial charge in [0.2, 0.25) is 0 Å². The van der Waals surface area contributed by atoms with Gasteiger partial charge in [-0.15, -0.1) is 0 Å². The molecule has 0 bridgehead atoms. The van der Waals surface area contributed by atoms with Crippen molar-refractivity contribution in [2.45, 2.75) is 25.8 Å². The second kappa shape index (κ2) is 4.66. The Morgan fingerprint density at radius 2 is 2.20 bits per heavy atom. The van der Waals surface area contributed by atoms with Crippen LogP contribution in [0, 0.1) is 0 Å². The predicted octanol–water partition coefficient (Wildman–Crippen LogP) is 1.32. The Morgan fingerprint density at radius 1 is 1.47 bits per heavy atom.